The van der Waals surface area contributed by atoms with Gasteiger partial charge in [-0.05, 0) is 0 Å². The van der Waals surface area contributed by atoms with E-state index in [1.165, 1.54) is 0 Å². The fourth-order valence-electron chi connectivity index (χ4n) is 0.284. The van der Waals surface area contributed by atoms with Gasteiger partial charge in [-0.1, -0.05) is 0 Å². The van der Waals surface area contributed by atoms with Crippen LogP contribution in [0.15, 0.2) is 0 Å². The average molecular weight is 132 g/mol. The summed E-state index contributed by atoms with van der Waals surface area (Å²) in [5.41, 5.74) is 4.89. The van der Waals surface area contributed by atoms with Gasteiger partial charge in [-0.3, -0.25) is 9.59 Å². The normalized spacial score (nSPS) is 14.1. The molecular weight excluding hydrogens is 122 g/mol. The summed E-state index contributed by atoms with van der Waals surface area (Å²) in [5, 5.41) is 8.12. The van der Waals surface area contributed by atoms with Gasteiger partial charge in [0.1, 0.15) is 5.78 Å². The molecule has 9 heavy (non-hydrogen) atoms. The highest BCUT2D eigenvalue weighted by Crippen LogP contribution is 1.87. The van der Waals surface area contributed by atoms with Crippen LogP contribution in [0.3, 0.4) is 0 Å². The molecule has 0 heterocycles. The number of aliphatic carboxylic acids is 1. The molecule has 0 aliphatic heterocycles. The van der Waals surface area contributed by atoms with Crippen LogP contribution in [-0.2, 0) is 9.59 Å². The maximum absolute atomic E-state index is 10.5. The molecule has 0 aliphatic carbocycles. The number of carboxylic acid groups (broad SMARTS) is 1. The predicted molar refractivity (Wildman–Crippen MR) is 30.9 cm³/mol. The summed E-state index contributed by atoms with van der Waals surface area (Å²) in [5.74, 6) is -1.69. The van der Waals surface area contributed by atoms with E-state index in [0.29, 0.717) is 0 Å². The van der Waals surface area contributed by atoms with Crippen LogP contribution in [0.5, 0.6) is 0 Å². The molecule has 3 N–H and O–H groups in total. The van der Waals surface area contributed by atoms with Gasteiger partial charge in [0.05, 0.1) is 13.0 Å². The zero-order chi connectivity index (χ0) is 8.15. The Kier molecular flexibility index (Phi) is 2.78. The molecule has 0 rings (SSSR count). The van der Waals surface area contributed by atoms with Crippen molar-refractivity contribution in [3.05, 3.63) is 0 Å². The van der Waals surface area contributed by atoms with Gasteiger partial charge in [0.2, 0.25) is 0 Å². The van der Waals surface area contributed by atoms with Crippen LogP contribution in [0.1, 0.15) is 14.2 Å². The molecule has 0 unspecified atom stereocenters. The van der Waals surface area contributed by atoms with E-state index in [-0.39, 0.29) is 6.54 Å². The zero-order valence-corrected chi connectivity index (χ0v) is 4.83. The van der Waals surface area contributed by atoms with Crippen molar-refractivity contribution in [3.8, 4) is 0 Å². The molecular formula is C5H9NO3. The quantitative estimate of drug-likeness (QED) is 0.534. The van der Waals surface area contributed by atoms with Gasteiger partial charge in [0.25, 0.3) is 0 Å². The lowest BCUT2D eigenvalue weighted by Crippen LogP contribution is -2.14. The van der Waals surface area contributed by atoms with Crippen molar-refractivity contribution < 1.29 is 16.1 Å². The second kappa shape index (κ2) is 4.03. The molecule has 0 aromatic rings. The standard InChI is InChI=1S/C5H9NO3/c6-3-4(7)1-2-5(8)9/h1-3,6H2,(H,8,9)/i1D/t1-/m0/s1. The number of ketones is 1. The molecule has 0 aliphatic rings. The van der Waals surface area contributed by atoms with Gasteiger partial charge in [-0.15, -0.1) is 0 Å². The van der Waals surface area contributed by atoms with Crippen molar-refractivity contribution in [1.29, 1.82) is 0 Å². The molecule has 0 saturated carbocycles. The van der Waals surface area contributed by atoms with Crippen LogP contribution in [0.4, 0.5) is 0 Å². The Morgan fingerprint density at radius 2 is 2.22 bits per heavy atom. The van der Waals surface area contributed by atoms with Gasteiger partial charge < -0.3 is 10.8 Å². The van der Waals surface area contributed by atoms with Crippen molar-refractivity contribution in [2.24, 2.45) is 5.73 Å². The van der Waals surface area contributed by atoms with Crippen LogP contribution < -0.4 is 5.73 Å². The van der Waals surface area contributed by atoms with E-state index < -0.39 is 24.6 Å². The fraction of sp³-hybridized carbons (Fsp3) is 0.600. The molecule has 1 atom stereocenters. The largest absolute Gasteiger partial charge is 0.481 e. The summed E-state index contributed by atoms with van der Waals surface area (Å²) < 4.78 is 6.90. The second-order valence-corrected chi connectivity index (χ2v) is 1.47. The minimum absolute atomic E-state index is 0.262. The lowest BCUT2D eigenvalue weighted by Gasteiger charge is -1.90. The third-order valence-electron chi connectivity index (χ3n) is 0.706. The number of carbonyl (C=O) groups is 2. The predicted octanol–water partition coefficient (Wildman–Crippen LogP) is -0.621. The van der Waals surface area contributed by atoms with Crippen LogP contribution in [0, 0.1) is 0 Å². The first-order valence-electron chi connectivity index (χ1n) is 3.02. The number of hydrogen-bond acceptors (Lipinski definition) is 3. The summed E-state index contributed by atoms with van der Waals surface area (Å²) >= 11 is 0. The fourth-order valence-corrected chi connectivity index (χ4v) is 0.284. The lowest BCUT2D eigenvalue weighted by atomic mass is 10.2. The summed E-state index contributed by atoms with van der Waals surface area (Å²) in [6.07, 6.45) is -1.67. The van der Waals surface area contributed by atoms with Crippen molar-refractivity contribution in [2.45, 2.75) is 12.8 Å². The van der Waals surface area contributed by atoms with Crippen LogP contribution in [0.25, 0.3) is 0 Å². The summed E-state index contributed by atoms with van der Waals surface area (Å²) in [6, 6.07) is 0. The van der Waals surface area contributed by atoms with Crippen LogP contribution in [0.2, 0.25) is 0 Å². The van der Waals surface area contributed by atoms with E-state index in [0.717, 1.165) is 0 Å². The third kappa shape index (κ3) is 4.96. The maximum Gasteiger partial charge on any atom is 0.303 e. The topological polar surface area (TPSA) is 80.4 Å². The monoisotopic (exact) mass is 132 g/mol. The Bertz CT molecular complexity index is 148. The van der Waals surface area contributed by atoms with E-state index in [4.69, 9.17) is 12.2 Å². The van der Waals surface area contributed by atoms with Gasteiger partial charge in [-0.2, -0.15) is 0 Å². The molecule has 52 valence electrons. The van der Waals surface area contributed by atoms with E-state index in [1.54, 1.807) is 0 Å². The Morgan fingerprint density at radius 1 is 1.67 bits per heavy atom. The lowest BCUT2D eigenvalue weighted by molar-refractivity contribution is -0.138. The molecule has 0 fully saturated rings. The summed E-state index contributed by atoms with van der Waals surface area (Å²) in [4.78, 5) is 20.4. The van der Waals surface area contributed by atoms with E-state index in [1.807, 2.05) is 0 Å². The highest BCUT2D eigenvalue weighted by Gasteiger charge is 2.01. The Labute approximate surface area is 54.1 Å². The number of nitrogens with two attached hydrogens (primary N) is 1. The van der Waals surface area contributed by atoms with E-state index in [2.05, 4.69) is 0 Å². The first-order chi connectivity index (χ1) is 4.57. The van der Waals surface area contributed by atoms with Gasteiger partial charge in [0.15, 0.2) is 0 Å². The number of Topliss-reactive ketones (excluding diaryl/α,β-unsaturated/α-hetero) is 1. The maximum atomic E-state index is 10.5. The van der Waals surface area contributed by atoms with E-state index >= 15 is 0 Å². The highest BCUT2D eigenvalue weighted by atomic mass is 16.4. The van der Waals surface area contributed by atoms with E-state index in [9.17, 15) is 9.59 Å². The molecule has 4 nitrogen and oxygen atoms in total. The minimum Gasteiger partial charge on any atom is -0.481 e. The molecule has 4 heteroatoms. The van der Waals surface area contributed by atoms with Crippen LogP contribution in [-0.4, -0.2) is 23.4 Å². The van der Waals surface area contributed by atoms with Crippen molar-refractivity contribution in [2.75, 3.05) is 6.54 Å². The molecule has 0 radical (unpaired) electrons. The molecule has 0 spiro atoms. The molecule has 0 saturated heterocycles. The molecule has 0 amide bonds. The summed E-state index contributed by atoms with van der Waals surface area (Å²) in [6.45, 7) is -0.262. The zero-order valence-electron chi connectivity index (χ0n) is 5.83. The molecule has 0 aromatic heterocycles. The number of rotatable bonds is 4. The second-order valence-electron chi connectivity index (χ2n) is 1.47. The average Bonchev–Trinajstić information content (AvgIpc) is 1.85. The van der Waals surface area contributed by atoms with Crippen molar-refractivity contribution in [1.82, 2.24) is 0 Å². The Balaban J connectivity index is 3.72. The third-order valence-corrected chi connectivity index (χ3v) is 0.706. The van der Waals surface area contributed by atoms with Crippen LogP contribution >= 0.6 is 0 Å². The van der Waals surface area contributed by atoms with Gasteiger partial charge in [0, 0.05) is 7.77 Å². The van der Waals surface area contributed by atoms with Crippen molar-refractivity contribution in [3.63, 3.8) is 0 Å². The molecule has 0 aromatic carbocycles. The van der Waals surface area contributed by atoms with Gasteiger partial charge >= 0.3 is 5.97 Å². The number of carbonyl (C=O) groups excluding carboxylic acids is 1. The molecule has 0 bridgehead atoms. The Morgan fingerprint density at radius 3 is 2.56 bits per heavy atom. The Hall–Kier alpha value is -0.900. The summed E-state index contributed by atoms with van der Waals surface area (Å²) in [7, 11) is 0. The first kappa shape index (κ1) is 6.22. The van der Waals surface area contributed by atoms with Crippen molar-refractivity contribution >= 4 is 11.8 Å². The minimum atomic E-state index is -1.21. The smallest absolute Gasteiger partial charge is 0.303 e. The highest BCUT2D eigenvalue weighted by molar-refractivity contribution is 5.83. The van der Waals surface area contributed by atoms with Gasteiger partial charge in [-0.25, -0.2) is 0 Å². The number of hydrogen-bond donors (Lipinski definition) is 2. The first-order valence-corrected chi connectivity index (χ1v) is 2.44. The SMILES string of the molecule is [2H][C@@H](CC(=O)O)C(=O)CN. The number of carboxylic acids is 1.